The molecule has 3 aromatic carbocycles. The fourth-order valence-corrected chi connectivity index (χ4v) is 6.48. The van der Waals surface area contributed by atoms with Crippen molar-refractivity contribution >= 4 is 27.7 Å². The SMILES string of the molecule is CCOC(=O)Oc1cn(Cc2ccccc2OC)c2sc(-c3ccc(OC)cc3)c(CNCc3ccc(OC)c(OC)c3)c2c1=O. The summed E-state index contributed by atoms with van der Waals surface area (Å²) in [6.07, 6.45) is 0.616. The second-order valence-corrected chi connectivity index (χ2v) is 11.2. The van der Waals surface area contributed by atoms with E-state index in [9.17, 15) is 9.59 Å². The van der Waals surface area contributed by atoms with Crippen LogP contribution in [0.4, 0.5) is 4.79 Å². The summed E-state index contributed by atoms with van der Waals surface area (Å²) in [6.45, 7) is 2.99. The van der Waals surface area contributed by atoms with Gasteiger partial charge in [-0.2, -0.15) is 0 Å². The molecule has 46 heavy (non-hydrogen) atoms. The van der Waals surface area contributed by atoms with E-state index in [0.29, 0.717) is 42.3 Å². The summed E-state index contributed by atoms with van der Waals surface area (Å²) in [6, 6.07) is 21.1. The highest BCUT2D eigenvalue weighted by atomic mass is 32.1. The van der Waals surface area contributed by atoms with Gasteiger partial charge in [-0.25, -0.2) is 4.79 Å². The molecule has 0 spiro atoms. The fourth-order valence-electron chi connectivity index (χ4n) is 5.18. The van der Waals surface area contributed by atoms with E-state index in [4.69, 9.17) is 28.4 Å². The lowest BCUT2D eigenvalue weighted by molar-refractivity contribution is 0.104. The maximum absolute atomic E-state index is 14.1. The molecule has 0 saturated heterocycles. The molecule has 0 bridgehead atoms. The molecule has 1 N–H and O–H groups in total. The first-order valence-corrected chi connectivity index (χ1v) is 15.4. The normalized spacial score (nSPS) is 10.9. The number of fused-ring (bicyclic) bond motifs is 1. The van der Waals surface area contributed by atoms with Gasteiger partial charge in [0, 0.05) is 23.5 Å². The van der Waals surface area contributed by atoms with Gasteiger partial charge in [-0.3, -0.25) is 4.79 Å². The van der Waals surface area contributed by atoms with Crippen LogP contribution in [-0.4, -0.2) is 45.8 Å². The third-order valence-corrected chi connectivity index (χ3v) is 8.71. The van der Waals surface area contributed by atoms with Crippen molar-refractivity contribution in [2.24, 2.45) is 0 Å². The molecular formula is C35H36N2O8S. The molecule has 0 radical (unpaired) electrons. The largest absolute Gasteiger partial charge is 0.514 e. The number of ether oxygens (including phenoxy) is 6. The number of nitrogens with zero attached hydrogens (tertiary/aromatic N) is 1. The van der Waals surface area contributed by atoms with Crippen molar-refractivity contribution in [3.05, 3.63) is 99.8 Å². The van der Waals surface area contributed by atoms with E-state index in [1.54, 1.807) is 41.6 Å². The molecule has 0 fully saturated rings. The van der Waals surface area contributed by atoms with E-state index in [1.165, 1.54) is 11.3 Å². The number of nitrogens with one attached hydrogen (secondary N) is 1. The molecule has 0 atom stereocenters. The molecule has 2 heterocycles. The van der Waals surface area contributed by atoms with Gasteiger partial charge in [-0.1, -0.05) is 24.3 Å². The minimum absolute atomic E-state index is 0.113. The van der Waals surface area contributed by atoms with Crippen LogP contribution in [0.5, 0.6) is 28.7 Å². The van der Waals surface area contributed by atoms with Gasteiger partial charge in [0.2, 0.25) is 5.43 Å². The Morgan fingerprint density at radius 3 is 2.26 bits per heavy atom. The Hall–Kier alpha value is -5.00. The average Bonchev–Trinajstić information content (AvgIpc) is 3.47. The van der Waals surface area contributed by atoms with Crippen LogP contribution in [0.1, 0.15) is 23.6 Å². The highest BCUT2D eigenvalue weighted by molar-refractivity contribution is 7.22. The summed E-state index contributed by atoms with van der Waals surface area (Å²) in [4.78, 5) is 28.1. The van der Waals surface area contributed by atoms with Crippen LogP contribution in [-0.2, 0) is 24.4 Å². The zero-order chi connectivity index (χ0) is 32.6. The van der Waals surface area contributed by atoms with Gasteiger partial charge < -0.3 is 38.3 Å². The predicted molar refractivity (Wildman–Crippen MR) is 178 cm³/mol. The molecule has 5 rings (SSSR count). The van der Waals surface area contributed by atoms with Crippen LogP contribution in [0.25, 0.3) is 20.7 Å². The second-order valence-electron chi connectivity index (χ2n) is 10.2. The summed E-state index contributed by atoms with van der Waals surface area (Å²) in [5.74, 6) is 2.56. The number of para-hydroxylation sites is 1. The standard InChI is InChI=1S/C35H36N2O8S/c1-6-44-35(39)45-30-21-37(20-24-9-7-8-10-27(24)41-3)34-31(32(30)38)26(33(46-34)23-12-14-25(40-2)15-13-23)19-36-18-22-11-16-28(42-4)29(17-22)43-5/h7-17,21,36H,6,18-20H2,1-5H3. The summed E-state index contributed by atoms with van der Waals surface area (Å²) < 4.78 is 34.2. The molecule has 0 saturated carbocycles. The van der Waals surface area contributed by atoms with Crippen LogP contribution in [0, 0.1) is 0 Å². The third-order valence-electron chi connectivity index (χ3n) is 7.39. The van der Waals surface area contributed by atoms with Gasteiger partial charge in [-0.05, 0) is 66.1 Å². The Morgan fingerprint density at radius 2 is 1.57 bits per heavy atom. The topological polar surface area (TPSA) is 106 Å². The average molecular weight is 645 g/mol. The van der Waals surface area contributed by atoms with Crippen molar-refractivity contribution in [2.75, 3.05) is 35.0 Å². The van der Waals surface area contributed by atoms with Crippen molar-refractivity contribution in [2.45, 2.75) is 26.6 Å². The van der Waals surface area contributed by atoms with E-state index in [1.807, 2.05) is 71.3 Å². The number of benzene rings is 3. The van der Waals surface area contributed by atoms with Crippen LogP contribution in [0.3, 0.4) is 0 Å². The first-order chi connectivity index (χ1) is 22.4. The van der Waals surface area contributed by atoms with Crippen LogP contribution >= 0.6 is 11.3 Å². The van der Waals surface area contributed by atoms with Gasteiger partial charge in [-0.15, -0.1) is 11.3 Å². The number of hydrogen-bond donors (Lipinski definition) is 1. The van der Waals surface area contributed by atoms with Gasteiger partial charge in [0.1, 0.15) is 16.3 Å². The molecule has 0 unspecified atom stereocenters. The molecule has 240 valence electrons. The van der Waals surface area contributed by atoms with Gasteiger partial charge in [0.25, 0.3) is 0 Å². The smallest absolute Gasteiger partial charge is 0.497 e. The van der Waals surface area contributed by atoms with Gasteiger partial charge in [0.15, 0.2) is 17.2 Å². The highest BCUT2D eigenvalue weighted by Gasteiger charge is 2.23. The summed E-state index contributed by atoms with van der Waals surface area (Å²) in [7, 11) is 6.43. The first kappa shape index (κ1) is 32.4. The second kappa shape index (κ2) is 14.9. The quantitative estimate of drug-likeness (QED) is 0.141. The van der Waals surface area contributed by atoms with E-state index in [-0.39, 0.29) is 12.4 Å². The lowest BCUT2D eigenvalue weighted by Crippen LogP contribution is -2.20. The molecule has 10 nitrogen and oxygen atoms in total. The van der Waals surface area contributed by atoms with Crippen molar-refractivity contribution in [1.29, 1.82) is 0 Å². The maximum Gasteiger partial charge on any atom is 0.514 e. The fraction of sp³-hybridized carbons (Fsp3) is 0.257. The summed E-state index contributed by atoms with van der Waals surface area (Å²) >= 11 is 1.49. The molecule has 5 aromatic rings. The maximum atomic E-state index is 14.1. The predicted octanol–water partition coefficient (Wildman–Crippen LogP) is 6.64. The minimum atomic E-state index is -0.943. The van der Waals surface area contributed by atoms with Gasteiger partial charge >= 0.3 is 6.16 Å². The van der Waals surface area contributed by atoms with Gasteiger partial charge in [0.05, 0.1) is 53.2 Å². The molecule has 11 heteroatoms. The number of hydrogen-bond acceptors (Lipinski definition) is 10. The zero-order valence-corrected chi connectivity index (χ0v) is 27.2. The summed E-state index contributed by atoms with van der Waals surface area (Å²) in [5.41, 5.74) is 3.16. The van der Waals surface area contributed by atoms with Crippen LogP contribution in [0.2, 0.25) is 0 Å². The Kier molecular flexibility index (Phi) is 10.5. The lowest BCUT2D eigenvalue weighted by atomic mass is 10.1. The van der Waals surface area contributed by atoms with E-state index < -0.39 is 11.6 Å². The van der Waals surface area contributed by atoms with Crippen LogP contribution < -0.4 is 34.4 Å². The highest BCUT2D eigenvalue weighted by Crippen LogP contribution is 2.39. The molecule has 0 aliphatic heterocycles. The first-order valence-electron chi connectivity index (χ1n) is 14.6. The van der Waals surface area contributed by atoms with Crippen molar-refractivity contribution in [3.63, 3.8) is 0 Å². The van der Waals surface area contributed by atoms with E-state index in [0.717, 1.165) is 37.7 Å². The number of carbonyl (C=O) groups is 1. The minimum Gasteiger partial charge on any atom is -0.497 e. The summed E-state index contributed by atoms with van der Waals surface area (Å²) in [5, 5.41) is 3.95. The molecule has 2 aromatic heterocycles. The Labute approximate surface area is 271 Å². The number of carbonyl (C=O) groups excluding carboxylic acids is 1. The Balaban J connectivity index is 1.65. The van der Waals surface area contributed by atoms with E-state index >= 15 is 0 Å². The Bertz CT molecular complexity index is 1880. The number of thiophene rings is 1. The van der Waals surface area contributed by atoms with Crippen molar-refractivity contribution in [1.82, 2.24) is 9.88 Å². The Morgan fingerprint density at radius 1 is 0.826 bits per heavy atom. The number of rotatable bonds is 13. The molecule has 0 aliphatic rings. The number of methoxy groups -OCH3 is 4. The lowest BCUT2D eigenvalue weighted by Gasteiger charge is -2.14. The number of pyridine rings is 1. The van der Waals surface area contributed by atoms with E-state index in [2.05, 4.69) is 5.32 Å². The molecule has 0 amide bonds. The zero-order valence-electron chi connectivity index (χ0n) is 26.4. The molecular weight excluding hydrogens is 608 g/mol. The van der Waals surface area contributed by atoms with Crippen LogP contribution in [0.15, 0.2) is 77.7 Å². The third kappa shape index (κ3) is 6.95. The van der Waals surface area contributed by atoms with Crippen molar-refractivity contribution in [3.8, 4) is 39.2 Å². The molecule has 0 aliphatic carbocycles. The van der Waals surface area contributed by atoms with Crippen molar-refractivity contribution < 1.29 is 33.2 Å². The number of aromatic nitrogens is 1. The monoisotopic (exact) mass is 644 g/mol.